The van der Waals surface area contributed by atoms with E-state index in [2.05, 4.69) is 20.6 Å². The highest BCUT2D eigenvalue weighted by Crippen LogP contribution is 2.35. The lowest BCUT2D eigenvalue weighted by molar-refractivity contribution is -0.142. The Morgan fingerprint density at radius 2 is 1.91 bits per heavy atom. The van der Waals surface area contributed by atoms with E-state index in [9.17, 15) is 14.0 Å². The van der Waals surface area contributed by atoms with Crippen LogP contribution in [0.3, 0.4) is 0 Å². The van der Waals surface area contributed by atoms with E-state index < -0.39 is 11.8 Å². The van der Waals surface area contributed by atoms with Gasteiger partial charge in [0.2, 0.25) is 0 Å². The van der Waals surface area contributed by atoms with Crippen molar-refractivity contribution < 1.29 is 18.7 Å². The molecule has 2 amide bonds. The number of aromatic nitrogens is 2. The van der Waals surface area contributed by atoms with Crippen molar-refractivity contribution in [2.24, 2.45) is 0 Å². The Balaban J connectivity index is 1.55. The number of anilines is 2. The first-order valence-corrected chi connectivity index (χ1v) is 10.1. The van der Waals surface area contributed by atoms with Gasteiger partial charge >= 0.3 is 12.0 Å². The molecular weight excluding hydrogens is 411 g/mol. The topological polar surface area (TPSA) is 96.1 Å². The summed E-state index contributed by atoms with van der Waals surface area (Å²) in [5.41, 5.74) is 3.83. The van der Waals surface area contributed by atoms with Gasteiger partial charge in [-0.25, -0.2) is 9.18 Å². The number of rotatable bonds is 6. The minimum Gasteiger partial charge on any atom is -0.466 e. The summed E-state index contributed by atoms with van der Waals surface area (Å²) in [6.45, 7) is 2.09. The summed E-state index contributed by atoms with van der Waals surface area (Å²) in [7, 11) is 0. The van der Waals surface area contributed by atoms with E-state index in [0.717, 1.165) is 11.1 Å². The summed E-state index contributed by atoms with van der Waals surface area (Å²) in [6, 6.07) is 14.4. The largest absolute Gasteiger partial charge is 0.466 e. The molecule has 0 radical (unpaired) electrons. The second kappa shape index (κ2) is 9.30. The first kappa shape index (κ1) is 21.0. The third kappa shape index (κ3) is 4.75. The van der Waals surface area contributed by atoms with Crippen molar-refractivity contribution in [1.82, 2.24) is 9.97 Å². The number of aromatic amines is 1. The van der Waals surface area contributed by atoms with E-state index in [1.807, 2.05) is 6.07 Å². The number of benzene rings is 2. The zero-order valence-corrected chi connectivity index (χ0v) is 17.3. The van der Waals surface area contributed by atoms with E-state index in [1.54, 1.807) is 55.7 Å². The summed E-state index contributed by atoms with van der Waals surface area (Å²) in [5, 5.41) is 6.12. The predicted molar refractivity (Wildman–Crippen MR) is 121 cm³/mol. The van der Waals surface area contributed by atoms with Crippen LogP contribution in [-0.4, -0.2) is 28.6 Å². The van der Waals surface area contributed by atoms with Crippen LogP contribution in [0.2, 0.25) is 0 Å². The lowest BCUT2D eigenvalue weighted by atomic mass is 10.1. The lowest BCUT2D eigenvalue weighted by Gasteiger charge is -2.10. The van der Waals surface area contributed by atoms with Crippen LogP contribution in [0, 0.1) is 5.82 Å². The molecule has 0 saturated carbocycles. The summed E-state index contributed by atoms with van der Waals surface area (Å²) in [6.07, 6.45) is 3.47. The van der Waals surface area contributed by atoms with Crippen molar-refractivity contribution in [2.45, 2.75) is 13.3 Å². The van der Waals surface area contributed by atoms with Crippen molar-refractivity contribution in [2.75, 3.05) is 17.2 Å². The van der Waals surface area contributed by atoms with Gasteiger partial charge in [-0.2, -0.15) is 0 Å². The van der Waals surface area contributed by atoms with Crippen LogP contribution in [0.5, 0.6) is 0 Å². The smallest absolute Gasteiger partial charge is 0.323 e. The van der Waals surface area contributed by atoms with Gasteiger partial charge in [0.25, 0.3) is 0 Å². The van der Waals surface area contributed by atoms with Crippen LogP contribution < -0.4 is 10.6 Å². The highest BCUT2D eigenvalue weighted by atomic mass is 19.1. The molecule has 0 aliphatic rings. The molecular formula is C24H21FN4O3. The molecule has 0 bridgehead atoms. The Kier molecular flexibility index (Phi) is 6.12. The van der Waals surface area contributed by atoms with Gasteiger partial charge in [-0.1, -0.05) is 12.1 Å². The van der Waals surface area contributed by atoms with E-state index in [0.29, 0.717) is 34.6 Å². The van der Waals surface area contributed by atoms with Gasteiger partial charge in [-0.15, -0.1) is 0 Å². The average molecular weight is 432 g/mol. The molecule has 0 aliphatic heterocycles. The monoisotopic (exact) mass is 432 g/mol. The van der Waals surface area contributed by atoms with E-state index in [4.69, 9.17) is 4.74 Å². The Hall–Kier alpha value is -4.20. The molecule has 32 heavy (non-hydrogen) atoms. The molecule has 2 aromatic heterocycles. The number of amides is 2. The predicted octanol–water partition coefficient (Wildman–Crippen LogP) is 5.12. The Labute approximate surface area is 183 Å². The summed E-state index contributed by atoms with van der Waals surface area (Å²) >= 11 is 0. The number of nitrogens with one attached hydrogen (secondary N) is 3. The lowest BCUT2D eigenvalue weighted by Crippen LogP contribution is -2.19. The van der Waals surface area contributed by atoms with Gasteiger partial charge in [0.1, 0.15) is 5.82 Å². The number of carbonyl (C=O) groups is 2. The number of nitrogens with zero attached hydrogens (tertiary/aromatic N) is 1. The number of hydrogen-bond donors (Lipinski definition) is 3. The van der Waals surface area contributed by atoms with Gasteiger partial charge in [-0.05, 0) is 55.0 Å². The number of fused-ring (bicyclic) bond motifs is 1. The second-order valence-corrected chi connectivity index (χ2v) is 7.06. The van der Waals surface area contributed by atoms with Crippen LogP contribution in [0.25, 0.3) is 22.2 Å². The molecule has 0 saturated heterocycles. The molecule has 4 aromatic rings. The van der Waals surface area contributed by atoms with Crippen molar-refractivity contribution in [1.29, 1.82) is 0 Å². The Morgan fingerprint density at radius 3 is 2.62 bits per heavy atom. The van der Waals surface area contributed by atoms with Gasteiger partial charge in [0.05, 0.1) is 24.4 Å². The number of carbonyl (C=O) groups excluding carboxylic acids is 2. The molecule has 3 N–H and O–H groups in total. The molecule has 2 aromatic carbocycles. The number of urea groups is 1. The van der Waals surface area contributed by atoms with Crippen LogP contribution in [0.1, 0.15) is 12.5 Å². The van der Waals surface area contributed by atoms with Crippen molar-refractivity contribution in [3.63, 3.8) is 0 Å². The second-order valence-electron chi connectivity index (χ2n) is 7.06. The molecule has 2 heterocycles. The molecule has 0 aliphatic carbocycles. The van der Waals surface area contributed by atoms with Gasteiger partial charge in [0.15, 0.2) is 0 Å². The molecule has 0 atom stereocenters. The summed E-state index contributed by atoms with van der Waals surface area (Å²) in [5.74, 6) is -0.713. The van der Waals surface area contributed by atoms with E-state index in [-0.39, 0.29) is 12.4 Å². The van der Waals surface area contributed by atoms with Crippen LogP contribution in [0.15, 0.2) is 67.0 Å². The van der Waals surface area contributed by atoms with E-state index >= 15 is 0 Å². The quantitative estimate of drug-likeness (QED) is 0.369. The standard InChI is InChI=1S/C24H21FN4O3/c1-2-32-21(30)12-15-5-8-18(9-6-15)27-24(31)29-23-19-13-17(25)7-10-20(19)28-22(23)16-4-3-11-26-14-16/h3-11,13-14,28H,2,12H2,1H3,(H2,27,29,31). The van der Waals surface area contributed by atoms with Crippen molar-refractivity contribution in [3.8, 4) is 11.3 Å². The van der Waals surface area contributed by atoms with Crippen molar-refractivity contribution in [3.05, 3.63) is 78.4 Å². The maximum absolute atomic E-state index is 13.9. The zero-order chi connectivity index (χ0) is 22.5. The number of esters is 1. The molecule has 4 rings (SSSR count). The van der Waals surface area contributed by atoms with Gasteiger partial charge in [-0.3, -0.25) is 9.78 Å². The number of hydrogen-bond acceptors (Lipinski definition) is 4. The SMILES string of the molecule is CCOC(=O)Cc1ccc(NC(=O)Nc2c(-c3cccnc3)[nH]c3ccc(F)cc23)cc1. The number of pyridine rings is 1. The average Bonchev–Trinajstić information content (AvgIpc) is 3.13. The maximum atomic E-state index is 13.9. The number of halogens is 1. The molecule has 0 spiro atoms. The minimum atomic E-state index is -0.488. The zero-order valence-electron chi connectivity index (χ0n) is 17.3. The van der Waals surface area contributed by atoms with Crippen LogP contribution in [-0.2, 0) is 16.0 Å². The highest BCUT2D eigenvalue weighted by Gasteiger charge is 2.17. The fraction of sp³-hybridized carbons (Fsp3) is 0.125. The Morgan fingerprint density at radius 1 is 1.09 bits per heavy atom. The van der Waals surface area contributed by atoms with Gasteiger partial charge in [0, 0.05) is 34.5 Å². The molecule has 8 heteroatoms. The van der Waals surface area contributed by atoms with Crippen molar-refractivity contribution >= 4 is 34.3 Å². The van der Waals surface area contributed by atoms with E-state index in [1.165, 1.54) is 12.1 Å². The fourth-order valence-corrected chi connectivity index (χ4v) is 3.38. The first-order valence-electron chi connectivity index (χ1n) is 10.1. The normalized spacial score (nSPS) is 10.7. The summed E-state index contributed by atoms with van der Waals surface area (Å²) in [4.78, 5) is 31.7. The third-order valence-electron chi connectivity index (χ3n) is 4.81. The first-order chi connectivity index (χ1) is 15.5. The van der Waals surface area contributed by atoms with Crippen LogP contribution >= 0.6 is 0 Å². The minimum absolute atomic E-state index is 0.162. The summed E-state index contributed by atoms with van der Waals surface area (Å²) < 4.78 is 18.8. The molecule has 0 unspecified atom stereocenters. The molecule has 7 nitrogen and oxygen atoms in total. The van der Waals surface area contributed by atoms with Crippen LogP contribution in [0.4, 0.5) is 20.6 Å². The third-order valence-corrected chi connectivity index (χ3v) is 4.81. The highest BCUT2D eigenvalue weighted by molar-refractivity contribution is 6.10. The molecule has 0 fully saturated rings. The number of H-pyrrole nitrogens is 1. The van der Waals surface area contributed by atoms with Gasteiger partial charge < -0.3 is 20.4 Å². The number of ether oxygens (including phenoxy) is 1. The molecule has 162 valence electrons. The maximum Gasteiger partial charge on any atom is 0.323 e. The fourth-order valence-electron chi connectivity index (χ4n) is 3.38. The Bertz CT molecular complexity index is 1250.